The van der Waals surface area contributed by atoms with Gasteiger partial charge >= 0.3 is 5.97 Å². The van der Waals surface area contributed by atoms with E-state index in [4.69, 9.17) is 4.74 Å². The van der Waals surface area contributed by atoms with Crippen LogP contribution in [0.1, 0.15) is 59.3 Å². The van der Waals surface area contributed by atoms with E-state index in [0.29, 0.717) is 18.0 Å². The van der Waals surface area contributed by atoms with E-state index in [1.54, 1.807) is 6.07 Å². The Labute approximate surface area is 231 Å². The molecule has 0 saturated carbocycles. The van der Waals surface area contributed by atoms with Crippen molar-refractivity contribution in [3.05, 3.63) is 42.5 Å². The SMILES string of the molecule is CCCCC1(CCCC)CN(c2ccccc2)c2cc(SC)c(OC[C@](C)(O)C(=O)OC)cc2S(=O)(=O)C1. The van der Waals surface area contributed by atoms with Crippen molar-refractivity contribution in [2.75, 3.05) is 37.2 Å². The van der Waals surface area contributed by atoms with Crippen LogP contribution in [-0.2, 0) is 19.4 Å². The molecule has 0 unspecified atom stereocenters. The highest BCUT2D eigenvalue weighted by molar-refractivity contribution is 7.98. The molecular formula is C29H41NO6S2. The van der Waals surface area contributed by atoms with Gasteiger partial charge in [-0.05, 0) is 44.2 Å². The summed E-state index contributed by atoms with van der Waals surface area (Å²) >= 11 is 1.42. The van der Waals surface area contributed by atoms with Crippen molar-refractivity contribution in [2.45, 2.75) is 74.7 Å². The summed E-state index contributed by atoms with van der Waals surface area (Å²) in [5.41, 5.74) is -0.698. The van der Waals surface area contributed by atoms with Crippen LogP contribution in [0, 0.1) is 5.41 Å². The molecule has 1 atom stereocenters. The molecule has 2 aromatic carbocycles. The fourth-order valence-corrected chi connectivity index (χ4v) is 7.74. The van der Waals surface area contributed by atoms with Crippen molar-refractivity contribution in [1.29, 1.82) is 0 Å². The molecule has 0 radical (unpaired) electrons. The molecule has 0 amide bonds. The number of unbranched alkanes of at least 4 members (excludes halogenated alkanes) is 2. The first kappa shape index (κ1) is 30.3. The second-order valence-electron chi connectivity index (χ2n) is 10.4. The number of rotatable bonds is 12. The minimum absolute atomic E-state index is 0.0638. The van der Waals surface area contributed by atoms with Gasteiger partial charge in [-0.25, -0.2) is 13.2 Å². The first-order valence-electron chi connectivity index (χ1n) is 13.2. The largest absolute Gasteiger partial charge is 0.489 e. The Morgan fingerprint density at radius 3 is 2.32 bits per heavy atom. The highest BCUT2D eigenvalue weighted by Gasteiger charge is 2.43. The van der Waals surface area contributed by atoms with Crippen molar-refractivity contribution >= 4 is 38.9 Å². The quantitative estimate of drug-likeness (QED) is 0.248. The van der Waals surface area contributed by atoms with Crippen molar-refractivity contribution in [3.63, 3.8) is 0 Å². The highest BCUT2D eigenvalue weighted by Crippen LogP contribution is 2.47. The van der Waals surface area contributed by atoms with Gasteiger partial charge in [0, 0.05) is 23.7 Å². The molecule has 0 bridgehead atoms. The van der Waals surface area contributed by atoms with E-state index in [1.807, 2.05) is 42.7 Å². The molecule has 210 valence electrons. The Balaban J connectivity index is 2.18. The summed E-state index contributed by atoms with van der Waals surface area (Å²) in [6.45, 7) is 5.82. The lowest BCUT2D eigenvalue weighted by Crippen LogP contribution is -2.42. The van der Waals surface area contributed by atoms with E-state index in [0.717, 1.165) is 49.1 Å². The summed E-state index contributed by atoms with van der Waals surface area (Å²) in [5.74, 6) is -0.446. The minimum Gasteiger partial charge on any atom is -0.489 e. The maximum absolute atomic E-state index is 14.1. The summed E-state index contributed by atoms with van der Waals surface area (Å²) in [5, 5.41) is 10.5. The molecule has 7 nitrogen and oxygen atoms in total. The maximum Gasteiger partial charge on any atom is 0.341 e. The molecule has 0 saturated heterocycles. The fraction of sp³-hybridized carbons (Fsp3) is 0.552. The zero-order chi connectivity index (χ0) is 28.0. The second kappa shape index (κ2) is 12.7. The predicted octanol–water partition coefficient (Wildman–Crippen LogP) is 6.00. The number of benzene rings is 2. The number of fused-ring (bicyclic) bond motifs is 1. The van der Waals surface area contributed by atoms with E-state index in [2.05, 4.69) is 23.5 Å². The number of carbonyl (C=O) groups is 1. The number of thioether (sulfide) groups is 1. The van der Waals surface area contributed by atoms with Crippen molar-refractivity contribution in [2.24, 2.45) is 5.41 Å². The van der Waals surface area contributed by atoms with E-state index < -0.39 is 26.8 Å². The molecule has 3 rings (SSSR count). The number of ether oxygens (including phenoxy) is 2. The lowest BCUT2D eigenvalue weighted by molar-refractivity contribution is -0.163. The Kier molecular flexibility index (Phi) is 10.2. The average Bonchev–Trinajstić information content (AvgIpc) is 3.00. The van der Waals surface area contributed by atoms with E-state index in [9.17, 15) is 18.3 Å². The van der Waals surface area contributed by atoms with Gasteiger partial charge in [0.2, 0.25) is 0 Å². The zero-order valence-corrected chi connectivity index (χ0v) is 24.8. The number of sulfone groups is 1. The number of aliphatic hydroxyl groups is 1. The standard InChI is InChI=1S/C29H41NO6S2/c1-6-8-15-29(16-9-7-2)19-30(22-13-11-10-12-14-22)23-17-25(37-5)24(18-26(23)38(33,34)21-29)36-20-28(3,32)27(31)35-4/h10-14,17-18,32H,6-9,15-16,19-21H2,1-5H3/t28-/m0/s1. The van der Waals surface area contributed by atoms with Crippen LogP contribution < -0.4 is 9.64 Å². The van der Waals surface area contributed by atoms with E-state index >= 15 is 0 Å². The monoisotopic (exact) mass is 563 g/mol. The minimum atomic E-state index is -3.70. The lowest BCUT2D eigenvalue weighted by Gasteiger charge is -2.37. The van der Waals surface area contributed by atoms with Gasteiger partial charge in [-0.3, -0.25) is 0 Å². The summed E-state index contributed by atoms with van der Waals surface area (Å²) in [4.78, 5) is 15.1. The molecule has 1 heterocycles. The summed E-state index contributed by atoms with van der Waals surface area (Å²) < 4.78 is 38.8. The normalized spacial score (nSPS) is 17.7. The molecule has 38 heavy (non-hydrogen) atoms. The van der Waals surface area contributed by atoms with Gasteiger partial charge in [-0.15, -0.1) is 11.8 Å². The zero-order valence-electron chi connectivity index (χ0n) is 23.2. The second-order valence-corrected chi connectivity index (χ2v) is 13.2. The lowest BCUT2D eigenvalue weighted by atomic mass is 9.79. The molecule has 0 aromatic heterocycles. The van der Waals surface area contributed by atoms with Crippen molar-refractivity contribution < 1.29 is 27.8 Å². The number of carbonyl (C=O) groups excluding carboxylic acids is 1. The smallest absolute Gasteiger partial charge is 0.341 e. The molecular weight excluding hydrogens is 522 g/mol. The molecule has 1 N–H and O–H groups in total. The third kappa shape index (κ3) is 6.85. The van der Waals surface area contributed by atoms with Crippen LogP contribution in [0.4, 0.5) is 11.4 Å². The van der Waals surface area contributed by atoms with Gasteiger partial charge in [-0.2, -0.15) is 0 Å². The van der Waals surface area contributed by atoms with E-state index in [-0.39, 0.29) is 17.3 Å². The van der Waals surface area contributed by atoms with Crippen LogP contribution >= 0.6 is 11.8 Å². The van der Waals surface area contributed by atoms with Crippen molar-refractivity contribution in [3.8, 4) is 5.75 Å². The Hall–Kier alpha value is -2.23. The predicted molar refractivity (Wildman–Crippen MR) is 153 cm³/mol. The van der Waals surface area contributed by atoms with Crippen LogP contribution in [0.25, 0.3) is 0 Å². The Morgan fingerprint density at radius 1 is 1.13 bits per heavy atom. The van der Waals surface area contributed by atoms with Gasteiger partial charge in [0.15, 0.2) is 15.4 Å². The van der Waals surface area contributed by atoms with Gasteiger partial charge in [0.05, 0.1) is 28.3 Å². The maximum atomic E-state index is 14.1. The summed E-state index contributed by atoms with van der Waals surface area (Å²) in [6, 6.07) is 13.4. The van der Waals surface area contributed by atoms with Crippen LogP contribution in [0.15, 0.2) is 52.3 Å². The number of esters is 1. The van der Waals surface area contributed by atoms with E-state index in [1.165, 1.54) is 25.8 Å². The molecule has 1 aliphatic rings. The fourth-order valence-electron chi connectivity index (χ4n) is 5.08. The molecule has 0 aliphatic carbocycles. The summed E-state index contributed by atoms with van der Waals surface area (Å²) in [6.07, 6.45) is 7.48. The molecule has 9 heteroatoms. The number of para-hydroxylation sites is 1. The molecule has 0 fully saturated rings. The van der Waals surface area contributed by atoms with Gasteiger partial charge in [-0.1, -0.05) is 57.7 Å². The molecule has 1 aliphatic heterocycles. The van der Waals surface area contributed by atoms with Gasteiger partial charge < -0.3 is 19.5 Å². The topological polar surface area (TPSA) is 93.1 Å². The first-order valence-corrected chi connectivity index (χ1v) is 16.1. The molecule has 0 spiro atoms. The number of hydrogen-bond acceptors (Lipinski definition) is 8. The van der Waals surface area contributed by atoms with Crippen LogP contribution in [0.5, 0.6) is 5.75 Å². The van der Waals surface area contributed by atoms with Crippen LogP contribution in [-0.4, -0.2) is 57.4 Å². The number of anilines is 2. The Morgan fingerprint density at radius 2 is 1.76 bits per heavy atom. The van der Waals surface area contributed by atoms with Gasteiger partial charge in [0.1, 0.15) is 12.4 Å². The van der Waals surface area contributed by atoms with Crippen molar-refractivity contribution in [1.82, 2.24) is 0 Å². The van der Waals surface area contributed by atoms with Gasteiger partial charge in [0.25, 0.3) is 0 Å². The average molecular weight is 564 g/mol. The Bertz CT molecular complexity index is 1190. The van der Waals surface area contributed by atoms with Crippen LogP contribution in [0.2, 0.25) is 0 Å². The first-order chi connectivity index (χ1) is 18.0. The van der Waals surface area contributed by atoms with Crippen LogP contribution in [0.3, 0.4) is 0 Å². The third-order valence-corrected chi connectivity index (χ3v) is 9.93. The molecule has 2 aromatic rings. The highest BCUT2D eigenvalue weighted by atomic mass is 32.2. The third-order valence-electron chi connectivity index (χ3n) is 7.18. The number of methoxy groups -OCH3 is 1. The number of nitrogens with zero attached hydrogens (tertiary/aromatic N) is 1. The summed E-state index contributed by atoms with van der Waals surface area (Å²) in [7, 11) is -2.50. The number of hydrogen-bond donors (Lipinski definition) is 1.